The Morgan fingerprint density at radius 3 is 2.54 bits per heavy atom. The SMILES string of the molecule is O=C1c2oc3ccccc3c(=O)c2C(c2ccccc2)N1c1nncs1. The summed E-state index contributed by atoms with van der Waals surface area (Å²) in [7, 11) is 0. The number of carbonyl (C=O) groups excluding carboxylic acids is 1. The van der Waals surface area contributed by atoms with Crippen LogP contribution >= 0.6 is 11.3 Å². The molecule has 0 spiro atoms. The molecule has 0 saturated carbocycles. The third-order valence-electron chi connectivity index (χ3n) is 4.45. The van der Waals surface area contributed by atoms with Crippen molar-refractivity contribution in [2.24, 2.45) is 0 Å². The second kappa shape index (κ2) is 5.60. The van der Waals surface area contributed by atoms with E-state index in [-0.39, 0.29) is 17.1 Å². The lowest BCUT2D eigenvalue weighted by atomic mass is 9.99. The molecule has 2 aromatic carbocycles. The van der Waals surface area contributed by atoms with Gasteiger partial charge in [0.25, 0.3) is 5.91 Å². The first kappa shape index (κ1) is 15.0. The van der Waals surface area contributed by atoms with E-state index in [1.807, 2.05) is 30.3 Å². The van der Waals surface area contributed by atoms with E-state index in [1.54, 1.807) is 29.8 Å². The summed E-state index contributed by atoms with van der Waals surface area (Å²) >= 11 is 1.24. The summed E-state index contributed by atoms with van der Waals surface area (Å²) in [5.41, 5.74) is 2.92. The standard InChI is InChI=1S/C19H11N3O3S/c23-16-12-8-4-5-9-13(12)25-17-14(16)15(11-6-2-1-3-7-11)22(18(17)24)19-21-20-10-26-19/h1-10,15H. The molecule has 3 heterocycles. The van der Waals surface area contributed by atoms with E-state index in [1.165, 1.54) is 16.2 Å². The molecule has 7 heteroatoms. The number of nitrogens with zero attached hydrogens (tertiary/aromatic N) is 3. The summed E-state index contributed by atoms with van der Waals surface area (Å²) in [6, 6.07) is 15.8. The highest BCUT2D eigenvalue weighted by Gasteiger charge is 2.44. The third kappa shape index (κ3) is 2.04. The van der Waals surface area contributed by atoms with Crippen LogP contribution < -0.4 is 10.3 Å². The Bertz CT molecular complexity index is 1190. The van der Waals surface area contributed by atoms with Crippen LogP contribution in [0.2, 0.25) is 0 Å². The molecule has 0 bridgehead atoms. The van der Waals surface area contributed by atoms with Crippen molar-refractivity contribution >= 4 is 33.3 Å². The van der Waals surface area contributed by atoms with Crippen LogP contribution in [0, 0.1) is 0 Å². The van der Waals surface area contributed by atoms with Gasteiger partial charge in [-0.1, -0.05) is 53.8 Å². The first-order valence-electron chi connectivity index (χ1n) is 7.96. The number of benzene rings is 2. The van der Waals surface area contributed by atoms with Crippen LogP contribution in [0.5, 0.6) is 0 Å². The summed E-state index contributed by atoms with van der Waals surface area (Å²) in [5.74, 6) is -0.314. The Morgan fingerprint density at radius 2 is 1.77 bits per heavy atom. The predicted octanol–water partition coefficient (Wildman–Crippen LogP) is 3.39. The zero-order chi connectivity index (χ0) is 17.7. The van der Waals surface area contributed by atoms with Crippen molar-refractivity contribution in [2.45, 2.75) is 6.04 Å². The average molecular weight is 361 g/mol. The molecule has 1 aliphatic rings. The smallest absolute Gasteiger partial charge is 0.297 e. The van der Waals surface area contributed by atoms with Crippen molar-refractivity contribution in [3.8, 4) is 0 Å². The second-order valence-electron chi connectivity index (χ2n) is 5.88. The van der Waals surface area contributed by atoms with Crippen molar-refractivity contribution in [2.75, 3.05) is 4.90 Å². The van der Waals surface area contributed by atoms with E-state index in [4.69, 9.17) is 4.42 Å². The van der Waals surface area contributed by atoms with Gasteiger partial charge in [-0.2, -0.15) is 0 Å². The number of hydrogen-bond donors (Lipinski definition) is 0. The molecule has 0 fully saturated rings. The van der Waals surface area contributed by atoms with Gasteiger partial charge in [0.15, 0.2) is 5.43 Å². The van der Waals surface area contributed by atoms with E-state index < -0.39 is 6.04 Å². The maximum absolute atomic E-state index is 13.2. The fraction of sp³-hybridized carbons (Fsp3) is 0.0526. The van der Waals surface area contributed by atoms with Crippen molar-refractivity contribution in [3.05, 3.63) is 87.2 Å². The fourth-order valence-corrected chi connectivity index (χ4v) is 3.92. The molecule has 5 rings (SSSR count). The van der Waals surface area contributed by atoms with Gasteiger partial charge in [0.05, 0.1) is 17.0 Å². The van der Waals surface area contributed by atoms with Crippen LogP contribution in [0.3, 0.4) is 0 Å². The Hall–Kier alpha value is -3.32. The van der Waals surface area contributed by atoms with Gasteiger partial charge in [0.2, 0.25) is 10.9 Å². The Labute approximate surface area is 151 Å². The zero-order valence-electron chi connectivity index (χ0n) is 13.3. The summed E-state index contributed by atoms with van der Waals surface area (Å²) < 4.78 is 5.84. The minimum absolute atomic E-state index is 0.0674. The maximum atomic E-state index is 13.2. The molecular weight excluding hydrogens is 350 g/mol. The number of para-hydroxylation sites is 1. The van der Waals surface area contributed by atoms with E-state index in [0.29, 0.717) is 21.7 Å². The number of carbonyl (C=O) groups is 1. The number of amides is 1. The van der Waals surface area contributed by atoms with Crippen molar-refractivity contribution in [1.82, 2.24) is 10.2 Å². The van der Waals surface area contributed by atoms with Crippen LogP contribution in [-0.2, 0) is 0 Å². The topological polar surface area (TPSA) is 76.3 Å². The molecule has 0 aliphatic carbocycles. The number of aromatic nitrogens is 2. The number of fused-ring (bicyclic) bond motifs is 2. The van der Waals surface area contributed by atoms with E-state index in [9.17, 15) is 9.59 Å². The molecule has 2 aromatic heterocycles. The molecule has 126 valence electrons. The molecule has 0 N–H and O–H groups in total. The number of rotatable bonds is 2. The summed E-state index contributed by atoms with van der Waals surface area (Å²) in [4.78, 5) is 27.8. The van der Waals surface area contributed by atoms with Gasteiger partial charge in [-0.05, 0) is 17.7 Å². The molecule has 26 heavy (non-hydrogen) atoms. The lowest BCUT2D eigenvalue weighted by Gasteiger charge is -2.21. The highest BCUT2D eigenvalue weighted by molar-refractivity contribution is 7.13. The summed E-state index contributed by atoms with van der Waals surface area (Å²) in [6.07, 6.45) is 0. The van der Waals surface area contributed by atoms with Crippen LogP contribution in [0.25, 0.3) is 11.0 Å². The predicted molar refractivity (Wildman–Crippen MR) is 97.5 cm³/mol. The summed E-state index contributed by atoms with van der Waals surface area (Å²) in [5, 5.41) is 8.76. The van der Waals surface area contributed by atoms with Gasteiger partial charge in [-0.25, -0.2) is 0 Å². The Balaban J connectivity index is 1.85. The zero-order valence-corrected chi connectivity index (χ0v) is 14.1. The van der Waals surface area contributed by atoms with Gasteiger partial charge in [0, 0.05) is 0 Å². The van der Waals surface area contributed by atoms with Gasteiger partial charge >= 0.3 is 0 Å². The molecule has 0 saturated heterocycles. The van der Waals surface area contributed by atoms with Crippen LogP contribution in [0.1, 0.15) is 27.7 Å². The Morgan fingerprint density at radius 1 is 1.00 bits per heavy atom. The molecule has 4 aromatic rings. The highest BCUT2D eigenvalue weighted by Crippen LogP contribution is 2.41. The van der Waals surface area contributed by atoms with Crippen LogP contribution in [0.4, 0.5) is 5.13 Å². The van der Waals surface area contributed by atoms with Crippen LogP contribution in [-0.4, -0.2) is 16.1 Å². The van der Waals surface area contributed by atoms with E-state index in [2.05, 4.69) is 10.2 Å². The van der Waals surface area contributed by atoms with Crippen molar-refractivity contribution < 1.29 is 9.21 Å². The van der Waals surface area contributed by atoms with Crippen LogP contribution in [0.15, 0.2) is 69.3 Å². The van der Waals surface area contributed by atoms with Gasteiger partial charge < -0.3 is 4.42 Å². The molecule has 0 radical (unpaired) electrons. The van der Waals surface area contributed by atoms with Crippen molar-refractivity contribution in [3.63, 3.8) is 0 Å². The second-order valence-corrected chi connectivity index (χ2v) is 6.69. The first-order valence-corrected chi connectivity index (χ1v) is 8.84. The highest BCUT2D eigenvalue weighted by atomic mass is 32.1. The fourth-order valence-electron chi connectivity index (χ4n) is 3.34. The monoisotopic (exact) mass is 361 g/mol. The van der Waals surface area contributed by atoms with Crippen molar-refractivity contribution in [1.29, 1.82) is 0 Å². The molecule has 1 amide bonds. The minimum Gasteiger partial charge on any atom is -0.450 e. The Kier molecular flexibility index (Phi) is 3.23. The molecular formula is C19H11N3O3S. The average Bonchev–Trinajstić information content (AvgIpc) is 3.30. The lowest BCUT2D eigenvalue weighted by Crippen LogP contribution is -2.29. The molecule has 1 atom stereocenters. The molecule has 1 unspecified atom stereocenters. The number of anilines is 1. The lowest BCUT2D eigenvalue weighted by molar-refractivity contribution is 0.0970. The third-order valence-corrected chi connectivity index (χ3v) is 5.14. The minimum atomic E-state index is -0.590. The normalized spacial score (nSPS) is 16.2. The number of hydrogen-bond acceptors (Lipinski definition) is 6. The molecule has 6 nitrogen and oxygen atoms in total. The van der Waals surface area contributed by atoms with Gasteiger partial charge in [-0.3, -0.25) is 14.5 Å². The van der Waals surface area contributed by atoms with Gasteiger partial charge in [-0.15, -0.1) is 10.2 Å². The quantitative estimate of drug-likeness (QED) is 0.547. The summed E-state index contributed by atoms with van der Waals surface area (Å²) in [6.45, 7) is 0. The maximum Gasteiger partial charge on any atom is 0.297 e. The van der Waals surface area contributed by atoms with E-state index in [0.717, 1.165) is 5.56 Å². The van der Waals surface area contributed by atoms with E-state index >= 15 is 0 Å². The molecule has 1 aliphatic heterocycles. The van der Waals surface area contributed by atoms with Gasteiger partial charge in [0.1, 0.15) is 11.1 Å². The first-order chi connectivity index (χ1) is 12.8. The largest absolute Gasteiger partial charge is 0.450 e.